The van der Waals surface area contributed by atoms with Crippen LogP contribution >= 0.6 is 0 Å². The molecular formula is C19H25F2NO3. The lowest BCUT2D eigenvalue weighted by Gasteiger charge is -2.44. The van der Waals surface area contributed by atoms with Crippen LogP contribution in [0.5, 0.6) is 0 Å². The van der Waals surface area contributed by atoms with Gasteiger partial charge in [0.2, 0.25) is 0 Å². The highest BCUT2D eigenvalue weighted by Crippen LogP contribution is 2.43. The Kier molecular flexibility index (Phi) is 4.52. The third-order valence-corrected chi connectivity index (χ3v) is 4.98. The van der Waals surface area contributed by atoms with E-state index in [1.54, 1.807) is 4.90 Å². The molecule has 2 saturated heterocycles. The number of rotatable bonds is 2. The van der Waals surface area contributed by atoms with E-state index < -0.39 is 22.8 Å². The van der Waals surface area contributed by atoms with Crippen LogP contribution in [0.2, 0.25) is 0 Å². The van der Waals surface area contributed by atoms with Crippen molar-refractivity contribution in [3.05, 3.63) is 35.4 Å². The molecule has 6 heteroatoms. The Morgan fingerprint density at radius 1 is 1.28 bits per heavy atom. The number of nitrogens with zero attached hydrogens (tertiary/aromatic N) is 1. The van der Waals surface area contributed by atoms with Crippen LogP contribution in [0, 0.1) is 11.6 Å². The number of carbonyl (C=O) groups excluding carboxylic acids is 1. The fourth-order valence-corrected chi connectivity index (χ4v) is 4.11. The van der Waals surface area contributed by atoms with Crippen LogP contribution in [0.3, 0.4) is 0 Å². The van der Waals surface area contributed by atoms with Gasteiger partial charge in [0.05, 0.1) is 5.60 Å². The molecule has 0 radical (unpaired) electrons. The monoisotopic (exact) mass is 353 g/mol. The predicted octanol–water partition coefficient (Wildman–Crippen LogP) is 3.80. The number of amides is 1. The number of hydrogen-bond donors (Lipinski definition) is 1. The molecule has 1 N–H and O–H groups in total. The molecule has 2 heterocycles. The van der Waals surface area contributed by atoms with Gasteiger partial charge in [0.25, 0.3) is 0 Å². The molecule has 2 aliphatic rings. The Labute approximate surface area is 146 Å². The second-order valence-electron chi connectivity index (χ2n) is 8.32. The van der Waals surface area contributed by atoms with E-state index in [-0.39, 0.29) is 30.2 Å². The third-order valence-electron chi connectivity index (χ3n) is 4.98. The summed E-state index contributed by atoms with van der Waals surface area (Å²) < 4.78 is 32.8. The molecule has 2 aliphatic heterocycles. The van der Waals surface area contributed by atoms with Crippen molar-refractivity contribution in [3.8, 4) is 0 Å². The molecule has 3 rings (SSSR count). The van der Waals surface area contributed by atoms with Crippen molar-refractivity contribution in [1.82, 2.24) is 4.90 Å². The zero-order valence-corrected chi connectivity index (χ0v) is 14.9. The Balaban J connectivity index is 1.74. The second-order valence-corrected chi connectivity index (χ2v) is 8.32. The van der Waals surface area contributed by atoms with Crippen LogP contribution in [0.1, 0.15) is 52.0 Å². The minimum atomic E-state index is -1.14. The van der Waals surface area contributed by atoms with E-state index in [0.29, 0.717) is 12.8 Å². The summed E-state index contributed by atoms with van der Waals surface area (Å²) >= 11 is 0. The van der Waals surface area contributed by atoms with Crippen LogP contribution < -0.4 is 0 Å². The number of ether oxygens (including phenoxy) is 1. The summed E-state index contributed by atoms with van der Waals surface area (Å²) in [5.41, 5.74) is -1.54. The van der Waals surface area contributed by atoms with Crippen LogP contribution in [-0.4, -0.2) is 39.4 Å². The van der Waals surface area contributed by atoms with Gasteiger partial charge in [0.15, 0.2) is 0 Å². The maximum Gasteiger partial charge on any atom is 0.410 e. The Hall–Kier alpha value is -1.69. The Morgan fingerprint density at radius 2 is 1.88 bits per heavy atom. The number of aliphatic hydroxyl groups is 1. The van der Waals surface area contributed by atoms with Crippen molar-refractivity contribution in [2.75, 3.05) is 0 Å². The number of piperidine rings is 1. The van der Waals surface area contributed by atoms with Crippen molar-refractivity contribution in [1.29, 1.82) is 0 Å². The number of fused-ring (bicyclic) bond motifs is 2. The molecule has 138 valence electrons. The van der Waals surface area contributed by atoms with Crippen molar-refractivity contribution in [3.63, 3.8) is 0 Å². The summed E-state index contributed by atoms with van der Waals surface area (Å²) in [6.07, 6.45) is 1.96. The molecule has 2 unspecified atom stereocenters. The first-order valence-electron chi connectivity index (χ1n) is 8.74. The van der Waals surface area contributed by atoms with E-state index in [1.165, 1.54) is 0 Å². The fourth-order valence-electron chi connectivity index (χ4n) is 4.11. The largest absolute Gasteiger partial charge is 0.444 e. The molecule has 0 spiro atoms. The molecule has 2 fully saturated rings. The molecule has 4 nitrogen and oxygen atoms in total. The summed E-state index contributed by atoms with van der Waals surface area (Å²) in [4.78, 5) is 14.2. The molecule has 2 bridgehead atoms. The Morgan fingerprint density at radius 3 is 2.44 bits per heavy atom. The van der Waals surface area contributed by atoms with Crippen molar-refractivity contribution in [2.24, 2.45) is 0 Å². The summed E-state index contributed by atoms with van der Waals surface area (Å²) in [5, 5.41) is 11.0. The first kappa shape index (κ1) is 18.1. The zero-order valence-electron chi connectivity index (χ0n) is 14.9. The van der Waals surface area contributed by atoms with Gasteiger partial charge >= 0.3 is 6.09 Å². The number of benzene rings is 1. The smallest absolute Gasteiger partial charge is 0.410 e. The quantitative estimate of drug-likeness (QED) is 0.880. The fraction of sp³-hybridized carbons (Fsp3) is 0.632. The lowest BCUT2D eigenvalue weighted by atomic mass is 9.81. The standard InChI is InChI=1S/C19H25F2NO3/c1-18(2,3)25-17(23)22-14-5-6-15(22)11-19(24,10-14)9-12-8-13(20)4-7-16(12)21/h4,7-8,14-15,24H,5-6,9-11H2,1-3H3. The normalized spacial score (nSPS) is 29.0. The third kappa shape index (κ3) is 3.94. The Bertz CT molecular complexity index is 657. The SMILES string of the molecule is CC(C)(C)OC(=O)N1C2CCC1CC(O)(Cc1cc(F)ccc1F)C2. The van der Waals surface area contributed by atoms with Crippen molar-refractivity contribution < 1.29 is 23.4 Å². The van der Waals surface area contributed by atoms with Gasteiger partial charge in [-0.1, -0.05) is 0 Å². The van der Waals surface area contributed by atoms with Gasteiger partial charge < -0.3 is 14.7 Å². The molecule has 0 aromatic heterocycles. The van der Waals surface area contributed by atoms with Gasteiger partial charge in [-0.3, -0.25) is 0 Å². The van der Waals surface area contributed by atoms with Crippen molar-refractivity contribution >= 4 is 6.09 Å². The minimum Gasteiger partial charge on any atom is -0.444 e. The van der Waals surface area contributed by atoms with Crippen LogP contribution in [0.25, 0.3) is 0 Å². The number of halogens is 2. The second kappa shape index (κ2) is 6.24. The van der Waals surface area contributed by atoms with Gasteiger partial charge in [0, 0.05) is 18.5 Å². The van der Waals surface area contributed by atoms with Crippen LogP contribution in [-0.2, 0) is 11.2 Å². The predicted molar refractivity (Wildman–Crippen MR) is 89.1 cm³/mol. The van der Waals surface area contributed by atoms with Crippen molar-refractivity contribution in [2.45, 2.75) is 76.2 Å². The van der Waals surface area contributed by atoms with E-state index >= 15 is 0 Å². The highest BCUT2D eigenvalue weighted by molar-refractivity contribution is 5.69. The topological polar surface area (TPSA) is 49.8 Å². The van der Waals surface area contributed by atoms with E-state index in [2.05, 4.69) is 0 Å². The van der Waals surface area contributed by atoms with E-state index in [1.807, 2.05) is 20.8 Å². The van der Waals surface area contributed by atoms with Gasteiger partial charge in [0.1, 0.15) is 17.2 Å². The lowest BCUT2D eigenvalue weighted by Crippen LogP contribution is -2.55. The number of hydrogen-bond acceptors (Lipinski definition) is 3. The molecular weight excluding hydrogens is 328 g/mol. The summed E-state index contributed by atoms with van der Waals surface area (Å²) in [6.45, 7) is 5.46. The molecule has 2 atom stereocenters. The van der Waals surface area contributed by atoms with Gasteiger partial charge in [-0.25, -0.2) is 13.6 Å². The molecule has 25 heavy (non-hydrogen) atoms. The van der Waals surface area contributed by atoms with Gasteiger partial charge in [-0.2, -0.15) is 0 Å². The van der Waals surface area contributed by atoms with E-state index in [4.69, 9.17) is 4.74 Å². The molecule has 0 aliphatic carbocycles. The first-order chi connectivity index (χ1) is 11.6. The van der Waals surface area contributed by atoms with Crippen LogP contribution in [0.15, 0.2) is 18.2 Å². The highest BCUT2D eigenvalue weighted by atomic mass is 19.1. The lowest BCUT2D eigenvalue weighted by molar-refractivity contribution is -0.0582. The minimum absolute atomic E-state index is 0.0474. The highest BCUT2D eigenvalue weighted by Gasteiger charge is 2.50. The average molecular weight is 353 g/mol. The summed E-state index contributed by atoms with van der Waals surface area (Å²) in [7, 11) is 0. The summed E-state index contributed by atoms with van der Waals surface area (Å²) in [5.74, 6) is -1.04. The van der Waals surface area contributed by atoms with E-state index in [0.717, 1.165) is 31.0 Å². The molecule has 1 aromatic carbocycles. The molecule has 0 saturated carbocycles. The van der Waals surface area contributed by atoms with E-state index in [9.17, 15) is 18.7 Å². The average Bonchev–Trinajstić information content (AvgIpc) is 2.74. The maximum atomic E-state index is 13.9. The zero-order chi connectivity index (χ0) is 18.4. The maximum absolute atomic E-state index is 13.9. The molecule has 1 aromatic rings. The first-order valence-corrected chi connectivity index (χ1v) is 8.74. The van der Waals surface area contributed by atoms with Crippen LogP contribution in [0.4, 0.5) is 13.6 Å². The summed E-state index contributed by atoms with van der Waals surface area (Å²) in [6, 6.07) is 3.02. The molecule has 1 amide bonds. The van der Waals surface area contributed by atoms with Gasteiger partial charge in [-0.05, 0) is 70.2 Å². The van der Waals surface area contributed by atoms with Gasteiger partial charge in [-0.15, -0.1) is 0 Å². The number of carbonyl (C=O) groups is 1.